The van der Waals surface area contributed by atoms with Crippen LogP contribution >= 0.6 is 11.8 Å². The van der Waals surface area contributed by atoms with E-state index >= 15 is 0 Å². The summed E-state index contributed by atoms with van der Waals surface area (Å²) < 4.78 is 0. The minimum atomic E-state index is 0.856. The van der Waals surface area contributed by atoms with Crippen molar-refractivity contribution in [2.75, 3.05) is 23.9 Å². The molecule has 0 saturated heterocycles. The van der Waals surface area contributed by atoms with Crippen LogP contribution in [0.1, 0.15) is 5.69 Å². The van der Waals surface area contributed by atoms with Crippen LogP contribution in [-0.2, 0) is 0 Å². The van der Waals surface area contributed by atoms with Gasteiger partial charge in [-0.1, -0.05) is 0 Å². The molecule has 3 nitrogen and oxygen atoms in total. The lowest BCUT2D eigenvalue weighted by atomic mass is 10.4. The van der Waals surface area contributed by atoms with Crippen LogP contribution in [0.3, 0.4) is 0 Å². The van der Waals surface area contributed by atoms with Gasteiger partial charge in [-0.25, -0.2) is 0 Å². The zero-order valence-corrected chi connectivity index (χ0v) is 8.19. The van der Waals surface area contributed by atoms with Gasteiger partial charge in [-0.15, -0.1) is 5.10 Å². The average Bonchev–Trinajstić information content (AvgIpc) is 2.09. The predicted octanol–water partition coefficient (Wildman–Crippen LogP) is 1.56. The predicted molar refractivity (Wildman–Crippen MR) is 53.6 cm³/mol. The molecule has 1 aromatic heterocycles. The molecule has 1 aromatic rings. The minimum Gasteiger partial charge on any atom is -0.368 e. The van der Waals surface area contributed by atoms with Crippen molar-refractivity contribution in [2.45, 2.75) is 6.92 Å². The Bertz CT molecular complexity index is 222. The summed E-state index contributed by atoms with van der Waals surface area (Å²) in [5.41, 5.74) is 0.949. The number of aryl methyl sites for hydroxylation is 1. The Balaban J connectivity index is 2.37. The first-order chi connectivity index (χ1) is 5.83. The number of hydrogen-bond acceptors (Lipinski definition) is 4. The fourth-order valence-corrected chi connectivity index (χ4v) is 1.08. The van der Waals surface area contributed by atoms with E-state index in [-0.39, 0.29) is 0 Å². The van der Waals surface area contributed by atoms with Gasteiger partial charge in [0.25, 0.3) is 0 Å². The zero-order valence-electron chi connectivity index (χ0n) is 7.37. The van der Waals surface area contributed by atoms with E-state index in [9.17, 15) is 0 Å². The molecule has 0 saturated carbocycles. The highest BCUT2D eigenvalue weighted by molar-refractivity contribution is 7.98. The highest BCUT2D eigenvalue weighted by atomic mass is 32.2. The average molecular weight is 183 g/mol. The van der Waals surface area contributed by atoms with Gasteiger partial charge >= 0.3 is 0 Å². The van der Waals surface area contributed by atoms with Crippen LogP contribution in [0.2, 0.25) is 0 Å². The molecule has 66 valence electrons. The fourth-order valence-electron chi connectivity index (χ4n) is 0.774. The first kappa shape index (κ1) is 9.32. The number of rotatable bonds is 4. The van der Waals surface area contributed by atoms with Gasteiger partial charge in [-0.3, -0.25) is 0 Å². The van der Waals surface area contributed by atoms with Gasteiger partial charge in [0, 0.05) is 12.3 Å². The summed E-state index contributed by atoms with van der Waals surface area (Å²) >= 11 is 1.81. The van der Waals surface area contributed by atoms with E-state index in [2.05, 4.69) is 21.8 Å². The maximum Gasteiger partial charge on any atom is 0.148 e. The third kappa shape index (κ3) is 3.09. The number of anilines is 1. The lowest BCUT2D eigenvalue weighted by Crippen LogP contribution is -2.06. The Labute approximate surface area is 77.0 Å². The molecule has 0 aliphatic heterocycles. The molecular formula is C8H13N3S. The second-order valence-electron chi connectivity index (χ2n) is 2.48. The maximum atomic E-state index is 3.98. The number of nitrogens with one attached hydrogen (secondary N) is 1. The normalized spacial score (nSPS) is 9.83. The molecule has 12 heavy (non-hydrogen) atoms. The number of thioether (sulfide) groups is 1. The standard InChI is InChI=1S/C8H13N3S/c1-7-3-4-8(11-10-7)9-5-6-12-2/h3-4H,5-6H2,1-2H3,(H,9,11). The van der Waals surface area contributed by atoms with Crippen molar-refractivity contribution in [3.63, 3.8) is 0 Å². The third-order valence-electron chi connectivity index (χ3n) is 1.41. The molecule has 0 fully saturated rings. The van der Waals surface area contributed by atoms with Gasteiger partial charge in [0.05, 0.1) is 5.69 Å². The Morgan fingerprint density at radius 2 is 2.25 bits per heavy atom. The van der Waals surface area contributed by atoms with Gasteiger partial charge in [0.15, 0.2) is 0 Å². The maximum absolute atomic E-state index is 3.98. The van der Waals surface area contributed by atoms with Crippen molar-refractivity contribution >= 4 is 17.6 Å². The first-order valence-electron chi connectivity index (χ1n) is 3.86. The van der Waals surface area contributed by atoms with Gasteiger partial charge in [-0.05, 0) is 25.3 Å². The van der Waals surface area contributed by atoms with Crippen molar-refractivity contribution in [1.82, 2.24) is 10.2 Å². The Morgan fingerprint density at radius 3 is 2.83 bits per heavy atom. The monoisotopic (exact) mass is 183 g/mol. The summed E-state index contributed by atoms with van der Waals surface area (Å²) in [5.74, 6) is 1.95. The van der Waals surface area contributed by atoms with Gasteiger partial charge in [0.1, 0.15) is 5.82 Å². The summed E-state index contributed by atoms with van der Waals surface area (Å²) in [5, 5.41) is 11.1. The molecule has 0 aliphatic rings. The summed E-state index contributed by atoms with van der Waals surface area (Å²) in [6.45, 7) is 2.87. The molecule has 4 heteroatoms. The van der Waals surface area contributed by atoms with E-state index in [1.54, 1.807) is 0 Å². The number of aromatic nitrogens is 2. The fraction of sp³-hybridized carbons (Fsp3) is 0.500. The highest BCUT2D eigenvalue weighted by Crippen LogP contribution is 2.00. The summed E-state index contributed by atoms with van der Waals surface area (Å²) in [6.07, 6.45) is 2.09. The molecule has 1 heterocycles. The molecule has 0 bridgehead atoms. The molecule has 0 atom stereocenters. The van der Waals surface area contributed by atoms with Crippen LogP contribution in [0, 0.1) is 6.92 Å². The zero-order chi connectivity index (χ0) is 8.81. The Kier molecular flexibility index (Phi) is 3.87. The largest absolute Gasteiger partial charge is 0.368 e. The van der Waals surface area contributed by atoms with Crippen molar-refractivity contribution < 1.29 is 0 Å². The minimum absolute atomic E-state index is 0.856. The molecule has 0 spiro atoms. The van der Waals surface area contributed by atoms with Crippen LogP contribution < -0.4 is 5.32 Å². The molecule has 0 amide bonds. The highest BCUT2D eigenvalue weighted by Gasteiger charge is 1.91. The lowest BCUT2D eigenvalue weighted by Gasteiger charge is -2.02. The lowest BCUT2D eigenvalue weighted by molar-refractivity contribution is 0.971. The van der Waals surface area contributed by atoms with Crippen molar-refractivity contribution in [1.29, 1.82) is 0 Å². The smallest absolute Gasteiger partial charge is 0.148 e. The number of nitrogens with zero attached hydrogens (tertiary/aromatic N) is 2. The van der Waals surface area contributed by atoms with Gasteiger partial charge < -0.3 is 5.32 Å². The van der Waals surface area contributed by atoms with Crippen LogP contribution in [0.4, 0.5) is 5.82 Å². The van der Waals surface area contributed by atoms with Gasteiger partial charge in [0.2, 0.25) is 0 Å². The topological polar surface area (TPSA) is 37.8 Å². The van der Waals surface area contributed by atoms with Crippen LogP contribution in [-0.4, -0.2) is 28.8 Å². The van der Waals surface area contributed by atoms with E-state index in [1.165, 1.54) is 0 Å². The molecule has 1 N–H and O–H groups in total. The summed E-state index contributed by atoms with van der Waals surface area (Å²) in [7, 11) is 0. The van der Waals surface area contributed by atoms with E-state index in [0.717, 1.165) is 23.8 Å². The number of hydrogen-bond donors (Lipinski definition) is 1. The molecule has 0 radical (unpaired) electrons. The van der Waals surface area contributed by atoms with Crippen LogP contribution in [0.25, 0.3) is 0 Å². The quantitative estimate of drug-likeness (QED) is 0.719. The van der Waals surface area contributed by atoms with Crippen molar-refractivity contribution in [3.8, 4) is 0 Å². The Hall–Kier alpha value is -0.770. The van der Waals surface area contributed by atoms with Crippen LogP contribution in [0.5, 0.6) is 0 Å². The summed E-state index contributed by atoms with van der Waals surface area (Å²) in [6, 6.07) is 3.90. The second kappa shape index (κ2) is 4.98. The van der Waals surface area contributed by atoms with E-state index in [1.807, 2.05) is 30.8 Å². The molecule has 0 aliphatic carbocycles. The van der Waals surface area contributed by atoms with Gasteiger partial charge in [-0.2, -0.15) is 16.9 Å². The molecule has 0 unspecified atom stereocenters. The van der Waals surface area contributed by atoms with Crippen LogP contribution in [0.15, 0.2) is 12.1 Å². The van der Waals surface area contributed by atoms with E-state index < -0.39 is 0 Å². The molecule has 1 rings (SSSR count). The van der Waals surface area contributed by atoms with E-state index in [4.69, 9.17) is 0 Å². The third-order valence-corrected chi connectivity index (χ3v) is 2.02. The van der Waals surface area contributed by atoms with Crippen molar-refractivity contribution in [2.24, 2.45) is 0 Å². The molecular weight excluding hydrogens is 170 g/mol. The molecule has 0 aromatic carbocycles. The second-order valence-corrected chi connectivity index (χ2v) is 3.47. The Morgan fingerprint density at radius 1 is 1.42 bits per heavy atom. The SMILES string of the molecule is CSCCNc1ccc(C)nn1. The first-order valence-corrected chi connectivity index (χ1v) is 5.25. The van der Waals surface area contributed by atoms with Crippen molar-refractivity contribution in [3.05, 3.63) is 17.8 Å². The van der Waals surface area contributed by atoms with E-state index in [0.29, 0.717) is 0 Å². The summed E-state index contributed by atoms with van der Waals surface area (Å²) in [4.78, 5) is 0.